The van der Waals surface area contributed by atoms with Gasteiger partial charge in [0, 0.05) is 23.4 Å². The summed E-state index contributed by atoms with van der Waals surface area (Å²) in [6.07, 6.45) is 0. The van der Waals surface area contributed by atoms with E-state index in [4.69, 9.17) is 0 Å². The minimum atomic E-state index is -3.83. The number of hydrogen-bond acceptors (Lipinski definition) is 3. The molecule has 0 atom stereocenters. The number of amides is 1. The number of sulfonamides is 1. The van der Waals surface area contributed by atoms with Crippen LogP contribution in [0.1, 0.15) is 21.5 Å². The molecule has 2 N–H and O–H groups in total. The zero-order valence-corrected chi connectivity index (χ0v) is 16.0. The Bertz CT molecular complexity index is 1080. The maximum atomic E-state index is 13.6. The molecule has 0 fully saturated rings. The van der Waals surface area contributed by atoms with Gasteiger partial charge in [0.25, 0.3) is 5.91 Å². The van der Waals surface area contributed by atoms with Gasteiger partial charge < -0.3 is 5.32 Å². The first kappa shape index (κ1) is 19.7. The molecule has 3 aromatic rings. The molecule has 0 aliphatic rings. The van der Waals surface area contributed by atoms with Gasteiger partial charge in [-0.05, 0) is 49.4 Å². The predicted molar refractivity (Wildman–Crippen MR) is 106 cm³/mol. The van der Waals surface area contributed by atoms with Gasteiger partial charge in [0.2, 0.25) is 10.0 Å². The van der Waals surface area contributed by atoms with E-state index in [1.165, 1.54) is 42.5 Å². The van der Waals surface area contributed by atoms with E-state index in [2.05, 4.69) is 10.0 Å². The number of carbonyl (C=O) groups is 1. The lowest BCUT2D eigenvalue weighted by molar-refractivity contribution is 0.102. The van der Waals surface area contributed by atoms with Gasteiger partial charge in [0.05, 0.1) is 4.90 Å². The molecule has 3 rings (SSSR count). The third kappa shape index (κ3) is 4.82. The zero-order chi connectivity index (χ0) is 20.1. The normalized spacial score (nSPS) is 11.2. The number of carbonyl (C=O) groups excluding carboxylic acids is 1. The second-order valence-corrected chi connectivity index (χ2v) is 8.03. The average Bonchev–Trinajstić information content (AvgIpc) is 2.69. The van der Waals surface area contributed by atoms with Crippen LogP contribution < -0.4 is 10.0 Å². The van der Waals surface area contributed by atoms with E-state index < -0.39 is 15.8 Å². The van der Waals surface area contributed by atoms with Crippen molar-refractivity contribution in [3.63, 3.8) is 0 Å². The van der Waals surface area contributed by atoms with Crippen molar-refractivity contribution in [2.75, 3.05) is 5.32 Å². The summed E-state index contributed by atoms with van der Waals surface area (Å²) >= 11 is 0. The van der Waals surface area contributed by atoms with Crippen LogP contribution in [0.15, 0.2) is 77.7 Å². The number of aryl methyl sites for hydroxylation is 1. The predicted octanol–water partition coefficient (Wildman–Crippen LogP) is 3.86. The molecule has 7 heteroatoms. The summed E-state index contributed by atoms with van der Waals surface area (Å²) in [4.78, 5) is 12.3. The lowest BCUT2D eigenvalue weighted by atomic mass is 10.2. The minimum Gasteiger partial charge on any atom is -0.322 e. The van der Waals surface area contributed by atoms with Crippen LogP contribution in [0.5, 0.6) is 0 Å². The first-order chi connectivity index (χ1) is 13.3. The van der Waals surface area contributed by atoms with Crippen LogP contribution in [0.3, 0.4) is 0 Å². The van der Waals surface area contributed by atoms with Crippen molar-refractivity contribution in [3.05, 3.63) is 95.3 Å². The van der Waals surface area contributed by atoms with E-state index in [1.807, 2.05) is 19.1 Å². The maximum absolute atomic E-state index is 13.6. The van der Waals surface area contributed by atoms with Crippen molar-refractivity contribution in [3.8, 4) is 0 Å². The van der Waals surface area contributed by atoms with Crippen LogP contribution in [-0.2, 0) is 16.6 Å². The Balaban J connectivity index is 1.67. The van der Waals surface area contributed by atoms with E-state index >= 15 is 0 Å². The number of anilines is 1. The van der Waals surface area contributed by atoms with Crippen molar-refractivity contribution >= 4 is 21.6 Å². The SMILES string of the molecule is Cc1ccc(NC(=O)c2ccc(S(=O)(=O)NCc3ccccc3F)cc2)cc1. The van der Waals surface area contributed by atoms with Gasteiger partial charge in [-0.25, -0.2) is 17.5 Å². The van der Waals surface area contributed by atoms with E-state index in [1.54, 1.807) is 18.2 Å². The molecule has 28 heavy (non-hydrogen) atoms. The first-order valence-corrected chi connectivity index (χ1v) is 10.0. The minimum absolute atomic E-state index is 0.00396. The molecule has 0 aliphatic carbocycles. The highest BCUT2D eigenvalue weighted by atomic mass is 32.2. The molecule has 0 unspecified atom stereocenters. The van der Waals surface area contributed by atoms with Gasteiger partial charge in [-0.1, -0.05) is 35.9 Å². The summed E-state index contributed by atoms with van der Waals surface area (Å²) in [6.45, 7) is 1.79. The summed E-state index contributed by atoms with van der Waals surface area (Å²) in [5, 5.41) is 2.75. The molecule has 0 heterocycles. The molecule has 5 nitrogen and oxygen atoms in total. The number of benzene rings is 3. The molecule has 0 bridgehead atoms. The van der Waals surface area contributed by atoms with Crippen molar-refractivity contribution in [2.24, 2.45) is 0 Å². The van der Waals surface area contributed by atoms with Crippen molar-refractivity contribution in [2.45, 2.75) is 18.4 Å². The van der Waals surface area contributed by atoms with Crippen molar-refractivity contribution in [1.82, 2.24) is 4.72 Å². The van der Waals surface area contributed by atoms with Gasteiger partial charge in [0.15, 0.2) is 0 Å². The largest absolute Gasteiger partial charge is 0.322 e. The second kappa shape index (κ2) is 8.33. The monoisotopic (exact) mass is 398 g/mol. The fourth-order valence-corrected chi connectivity index (χ4v) is 3.53. The van der Waals surface area contributed by atoms with Gasteiger partial charge >= 0.3 is 0 Å². The molecule has 3 aromatic carbocycles. The van der Waals surface area contributed by atoms with Crippen LogP contribution in [0.2, 0.25) is 0 Å². The summed E-state index contributed by atoms with van der Waals surface area (Å²) in [6, 6.07) is 18.8. The highest BCUT2D eigenvalue weighted by molar-refractivity contribution is 7.89. The molecule has 0 saturated carbocycles. The third-order valence-electron chi connectivity index (χ3n) is 4.15. The maximum Gasteiger partial charge on any atom is 0.255 e. The fourth-order valence-electron chi connectivity index (χ4n) is 2.52. The summed E-state index contributed by atoms with van der Waals surface area (Å²) < 4.78 is 40.8. The van der Waals surface area contributed by atoms with Crippen LogP contribution in [-0.4, -0.2) is 14.3 Å². The summed E-state index contributed by atoms with van der Waals surface area (Å²) in [7, 11) is -3.83. The quantitative estimate of drug-likeness (QED) is 0.662. The number of halogens is 1. The summed E-state index contributed by atoms with van der Waals surface area (Å²) in [5.74, 6) is -0.819. The molecule has 0 aliphatic heterocycles. The molecule has 0 aromatic heterocycles. The van der Waals surface area contributed by atoms with Crippen molar-refractivity contribution < 1.29 is 17.6 Å². The first-order valence-electron chi connectivity index (χ1n) is 8.56. The Morgan fingerprint density at radius 1 is 0.929 bits per heavy atom. The highest BCUT2D eigenvalue weighted by Crippen LogP contribution is 2.15. The van der Waals surface area contributed by atoms with Crippen molar-refractivity contribution in [1.29, 1.82) is 0 Å². The lowest BCUT2D eigenvalue weighted by Crippen LogP contribution is -2.24. The Kier molecular flexibility index (Phi) is 5.87. The van der Waals surface area contributed by atoms with Crippen LogP contribution >= 0.6 is 0 Å². The van der Waals surface area contributed by atoms with Gasteiger partial charge in [0.1, 0.15) is 5.82 Å². The highest BCUT2D eigenvalue weighted by Gasteiger charge is 2.16. The Morgan fingerprint density at radius 3 is 2.21 bits per heavy atom. The molecule has 144 valence electrons. The second-order valence-electron chi connectivity index (χ2n) is 6.26. The Hall–Kier alpha value is -3.03. The van der Waals surface area contributed by atoms with Gasteiger partial charge in [-0.15, -0.1) is 0 Å². The van der Waals surface area contributed by atoms with E-state index in [-0.39, 0.29) is 22.9 Å². The van der Waals surface area contributed by atoms with Crippen LogP contribution in [0.25, 0.3) is 0 Å². The van der Waals surface area contributed by atoms with Gasteiger partial charge in [-0.3, -0.25) is 4.79 Å². The standard InChI is InChI=1S/C21H19FN2O3S/c1-15-6-10-18(11-7-15)24-21(25)16-8-12-19(13-9-16)28(26,27)23-14-17-4-2-3-5-20(17)22/h2-13,23H,14H2,1H3,(H,24,25). The zero-order valence-electron chi connectivity index (χ0n) is 15.1. The summed E-state index contributed by atoms with van der Waals surface area (Å²) in [5.41, 5.74) is 2.31. The molecule has 0 spiro atoms. The van der Waals surface area contributed by atoms with Crippen LogP contribution in [0, 0.1) is 12.7 Å². The van der Waals surface area contributed by atoms with Crippen LogP contribution in [0.4, 0.5) is 10.1 Å². The number of rotatable bonds is 6. The van der Waals surface area contributed by atoms with E-state index in [0.717, 1.165) is 5.56 Å². The Labute approximate surface area is 163 Å². The molecule has 0 radical (unpaired) electrons. The topological polar surface area (TPSA) is 75.3 Å². The third-order valence-corrected chi connectivity index (χ3v) is 5.56. The van der Waals surface area contributed by atoms with E-state index in [0.29, 0.717) is 11.3 Å². The van der Waals surface area contributed by atoms with E-state index in [9.17, 15) is 17.6 Å². The Morgan fingerprint density at radius 2 is 1.57 bits per heavy atom. The smallest absolute Gasteiger partial charge is 0.255 e. The number of nitrogens with one attached hydrogen (secondary N) is 2. The lowest BCUT2D eigenvalue weighted by Gasteiger charge is -2.09. The molecular formula is C21H19FN2O3S. The molecular weight excluding hydrogens is 379 g/mol. The molecule has 0 saturated heterocycles. The average molecular weight is 398 g/mol. The molecule has 1 amide bonds. The van der Waals surface area contributed by atoms with Gasteiger partial charge in [-0.2, -0.15) is 0 Å². The fraction of sp³-hybridized carbons (Fsp3) is 0.0952. The number of hydrogen-bond donors (Lipinski definition) is 2.